The second kappa shape index (κ2) is 11.1. The van der Waals surface area contributed by atoms with Crippen LogP contribution in [-0.4, -0.2) is 61.0 Å². The van der Waals surface area contributed by atoms with Crippen molar-refractivity contribution >= 4 is 23.3 Å². The highest BCUT2D eigenvalue weighted by atomic mass is 32.1. The number of thiophene rings is 1. The number of nitrogens with one attached hydrogen (secondary N) is 1. The first kappa shape index (κ1) is 25.7. The Balaban J connectivity index is 1.33. The Hall–Kier alpha value is -2.42. The quantitative estimate of drug-likeness (QED) is 0.593. The van der Waals surface area contributed by atoms with Gasteiger partial charge in [-0.25, -0.2) is 4.79 Å². The number of alkyl carbamates (subject to hydrolysis) is 1. The molecule has 0 unspecified atom stereocenters. The van der Waals surface area contributed by atoms with Crippen LogP contribution in [0.3, 0.4) is 0 Å². The van der Waals surface area contributed by atoms with Crippen molar-refractivity contribution in [3.8, 4) is 10.4 Å². The van der Waals surface area contributed by atoms with Crippen LogP contribution in [0, 0.1) is 6.92 Å². The Morgan fingerprint density at radius 2 is 1.86 bits per heavy atom. The number of hydrogen-bond acceptors (Lipinski definition) is 6. The summed E-state index contributed by atoms with van der Waals surface area (Å²) in [6.07, 6.45) is 2.48. The van der Waals surface area contributed by atoms with Gasteiger partial charge in [-0.3, -0.25) is 4.79 Å². The van der Waals surface area contributed by atoms with E-state index in [0.29, 0.717) is 19.7 Å². The van der Waals surface area contributed by atoms with Gasteiger partial charge in [0.1, 0.15) is 5.60 Å². The van der Waals surface area contributed by atoms with Gasteiger partial charge in [0.25, 0.3) is 5.91 Å². The van der Waals surface area contributed by atoms with Crippen LogP contribution in [0.1, 0.15) is 60.8 Å². The van der Waals surface area contributed by atoms with Gasteiger partial charge in [-0.15, -0.1) is 11.3 Å². The molecule has 2 aliphatic rings. The van der Waals surface area contributed by atoms with Crippen LogP contribution in [0.2, 0.25) is 0 Å². The number of aryl methyl sites for hydroxylation is 1. The number of rotatable bonds is 6. The minimum Gasteiger partial charge on any atom is -0.444 e. The molecule has 3 heterocycles. The van der Waals surface area contributed by atoms with Gasteiger partial charge in [-0.2, -0.15) is 0 Å². The molecule has 35 heavy (non-hydrogen) atoms. The molecular weight excluding hydrogens is 464 g/mol. The van der Waals surface area contributed by atoms with E-state index in [2.05, 4.69) is 35.6 Å². The van der Waals surface area contributed by atoms with E-state index >= 15 is 0 Å². The molecule has 2 aromatic rings. The van der Waals surface area contributed by atoms with Crippen molar-refractivity contribution in [1.82, 2.24) is 10.2 Å². The van der Waals surface area contributed by atoms with Crippen molar-refractivity contribution in [2.75, 3.05) is 26.3 Å². The van der Waals surface area contributed by atoms with E-state index in [-0.39, 0.29) is 18.1 Å². The molecule has 1 aromatic carbocycles. The minimum absolute atomic E-state index is 0.0220. The first-order chi connectivity index (χ1) is 16.7. The van der Waals surface area contributed by atoms with Gasteiger partial charge in [0, 0.05) is 31.2 Å². The molecule has 0 aliphatic carbocycles. The first-order valence-corrected chi connectivity index (χ1v) is 13.2. The lowest BCUT2D eigenvalue weighted by Crippen LogP contribution is -2.41. The molecule has 7 nitrogen and oxygen atoms in total. The van der Waals surface area contributed by atoms with Crippen LogP contribution in [0.15, 0.2) is 30.3 Å². The average molecular weight is 501 g/mol. The number of hydrogen-bond donors (Lipinski definition) is 1. The van der Waals surface area contributed by atoms with Gasteiger partial charge < -0.3 is 24.4 Å². The minimum atomic E-state index is -0.543. The molecule has 190 valence electrons. The Morgan fingerprint density at radius 1 is 1.14 bits per heavy atom. The third-order valence-electron chi connectivity index (χ3n) is 6.20. The van der Waals surface area contributed by atoms with E-state index in [4.69, 9.17) is 14.2 Å². The molecule has 1 aromatic heterocycles. The molecule has 2 fully saturated rings. The van der Waals surface area contributed by atoms with Gasteiger partial charge in [0.05, 0.1) is 23.6 Å². The second-order valence-corrected chi connectivity index (χ2v) is 11.4. The monoisotopic (exact) mass is 500 g/mol. The Bertz CT molecular complexity index is 1020. The summed E-state index contributed by atoms with van der Waals surface area (Å²) >= 11 is 1.52. The predicted molar refractivity (Wildman–Crippen MR) is 137 cm³/mol. The molecule has 1 atom stereocenters. The molecule has 2 aliphatic heterocycles. The summed E-state index contributed by atoms with van der Waals surface area (Å²) in [4.78, 5) is 29.0. The summed E-state index contributed by atoms with van der Waals surface area (Å²) in [5.74, 6) is 0.0220. The van der Waals surface area contributed by atoms with Gasteiger partial charge >= 0.3 is 6.09 Å². The van der Waals surface area contributed by atoms with Crippen molar-refractivity contribution in [3.05, 3.63) is 46.3 Å². The molecule has 0 radical (unpaired) electrons. The van der Waals surface area contributed by atoms with Gasteiger partial charge in [-0.05, 0) is 69.7 Å². The number of ether oxygens (including phenoxy) is 3. The van der Waals surface area contributed by atoms with Crippen molar-refractivity contribution in [1.29, 1.82) is 0 Å². The van der Waals surface area contributed by atoms with Gasteiger partial charge in [-0.1, -0.05) is 24.3 Å². The lowest BCUT2D eigenvalue weighted by Gasteiger charge is -2.22. The molecule has 2 amide bonds. The van der Waals surface area contributed by atoms with E-state index in [0.717, 1.165) is 58.9 Å². The fourth-order valence-electron chi connectivity index (χ4n) is 4.34. The number of likely N-dealkylation sites (tertiary alicyclic amines) is 1. The van der Waals surface area contributed by atoms with Crippen LogP contribution in [0.4, 0.5) is 4.79 Å². The highest BCUT2D eigenvalue weighted by molar-refractivity contribution is 7.17. The number of benzene rings is 1. The third-order valence-corrected chi connectivity index (χ3v) is 7.48. The molecule has 8 heteroatoms. The van der Waals surface area contributed by atoms with Crippen LogP contribution < -0.4 is 5.32 Å². The lowest BCUT2D eigenvalue weighted by molar-refractivity contribution is -0.0390. The average Bonchev–Trinajstić information content (AvgIpc) is 3.43. The van der Waals surface area contributed by atoms with E-state index in [9.17, 15) is 9.59 Å². The van der Waals surface area contributed by atoms with E-state index in [1.807, 2.05) is 32.6 Å². The summed E-state index contributed by atoms with van der Waals surface area (Å²) in [5.41, 5.74) is 2.67. The smallest absolute Gasteiger partial charge is 0.407 e. The zero-order chi connectivity index (χ0) is 25.0. The van der Waals surface area contributed by atoms with Crippen molar-refractivity contribution in [3.63, 3.8) is 0 Å². The van der Waals surface area contributed by atoms with Crippen LogP contribution in [-0.2, 0) is 20.8 Å². The number of carbonyl (C=O) groups excluding carboxylic acids is 2. The standard InChI is InChI=1S/C27H36N2O5S/c1-18-15-23(20-7-5-19(6-8-20)17-33-22-10-13-32-14-11-22)35-24(18)25(30)29-12-9-21(16-29)28-26(31)34-27(2,3)4/h5-8,15,21-22H,9-14,16-17H2,1-4H3,(H,28,31)/t21-/m0/s1. The maximum absolute atomic E-state index is 13.2. The zero-order valence-corrected chi connectivity index (χ0v) is 21.9. The van der Waals surface area contributed by atoms with Crippen LogP contribution in [0.25, 0.3) is 10.4 Å². The second-order valence-electron chi connectivity index (χ2n) is 10.3. The van der Waals surface area contributed by atoms with Crippen molar-refractivity contribution < 1.29 is 23.8 Å². The van der Waals surface area contributed by atoms with Gasteiger partial charge in [0.2, 0.25) is 0 Å². The zero-order valence-electron chi connectivity index (χ0n) is 21.1. The fraction of sp³-hybridized carbons (Fsp3) is 0.556. The van der Waals surface area contributed by atoms with Crippen LogP contribution >= 0.6 is 11.3 Å². The number of carbonyl (C=O) groups is 2. The summed E-state index contributed by atoms with van der Waals surface area (Å²) < 4.78 is 16.7. The SMILES string of the molecule is Cc1cc(-c2ccc(COC3CCOCC3)cc2)sc1C(=O)N1CC[C@H](NC(=O)OC(C)(C)C)C1. The van der Waals surface area contributed by atoms with Crippen LogP contribution in [0.5, 0.6) is 0 Å². The third kappa shape index (κ3) is 7.06. The molecule has 4 rings (SSSR count). The normalized spacial score (nSPS) is 19.1. The van der Waals surface area contributed by atoms with E-state index in [1.165, 1.54) is 11.3 Å². The molecule has 0 spiro atoms. The van der Waals surface area contributed by atoms with Gasteiger partial charge in [0.15, 0.2) is 0 Å². The summed E-state index contributed by atoms with van der Waals surface area (Å²) in [7, 11) is 0. The topological polar surface area (TPSA) is 77.1 Å². The predicted octanol–water partition coefficient (Wildman–Crippen LogP) is 5.16. The maximum Gasteiger partial charge on any atom is 0.407 e. The molecule has 2 saturated heterocycles. The first-order valence-electron chi connectivity index (χ1n) is 12.4. The summed E-state index contributed by atoms with van der Waals surface area (Å²) in [6.45, 7) is 10.8. The summed E-state index contributed by atoms with van der Waals surface area (Å²) in [5, 5.41) is 2.89. The Kier molecular flexibility index (Phi) is 8.14. The Labute approximate surface area is 211 Å². The van der Waals surface area contributed by atoms with Crippen molar-refractivity contribution in [2.24, 2.45) is 0 Å². The van der Waals surface area contributed by atoms with E-state index in [1.54, 1.807) is 0 Å². The highest BCUT2D eigenvalue weighted by Gasteiger charge is 2.31. The molecule has 1 N–H and O–H groups in total. The largest absolute Gasteiger partial charge is 0.444 e. The molecular formula is C27H36N2O5S. The van der Waals surface area contributed by atoms with E-state index < -0.39 is 11.7 Å². The molecule has 0 saturated carbocycles. The number of nitrogens with zero attached hydrogens (tertiary/aromatic N) is 1. The van der Waals surface area contributed by atoms with Crippen molar-refractivity contribution in [2.45, 2.75) is 71.3 Å². The Morgan fingerprint density at radius 3 is 2.54 bits per heavy atom. The lowest BCUT2D eigenvalue weighted by atomic mass is 10.1. The fourth-order valence-corrected chi connectivity index (χ4v) is 5.48. The molecule has 0 bridgehead atoms. The maximum atomic E-state index is 13.2. The number of amides is 2. The highest BCUT2D eigenvalue weighted by Crippen LogP contribution is 2.33. The summed E-state index contributed by atoms with van der Waals surface area (Å²) in [6, 6.07) is 10.4.